The molecule has 62 valence electrons. The molecule has 1 aliphatic heterocycles. The van der Waals surface area contributed by atoms with Gasteiger partial charge in [0, 0.05) is 12.1 Å². The molecule has 1 aliphatic rings. The zero-order valence-corrected chi connectivity index (χ0v) is 7.18. The highest BCUT2D eigenvalue weighted by molar-refractivity contribution is 5.95. The summed E-state index contributed by atoms with van der Waals surface area (Å²) >= 11 is 0. The molecule has 1 heterocycles. The van der Waals surface area contributed by atoms with Crippen LogP contribution in [-0.4, -0.2) is 12.5 Å². The standard InChI is InChI=1S/C9H15NO/c1-7(2)3-4-8-5-6-10-9(8)11/h4,7H,3,5-6H2,1-2H3,(H,10,11)/b8-4+. The number of rotatable bonds is 2. The van der Waals surface area contributed by atoms with Gasteiger partial charge in [0.2, 0.25) is 5.91 Å². The fourth-order valence-corrected chi connectivity index (χ4v) is 1.11. The maximum atomic E-state index is 11.0. The molecule has 0 bridgehead atoms. The Morgan fingerprint density at radius 1 is 1.64 bits per heavy atom. The highest BCUT2D eigenvalue weighted by atomic mass is 16.1. The lowest BCUT2D eigenvalue weighted by molar-refractivity contribution is -0.116. The Hall–Kier alpha value is -0.790. The normalized spacial score (nSPS) is 21.4. The summed E-state index contributed by atoms with van der Waals surface area (Å²) in [4.78, 5) is 11.0. The lowest BCUT2D eigenvalue weighted by Gasteiger charge is -1.98. The molecule has 0 atom stereocenters. The first-order valence-electron chi connectivity index (χ1n) is 4.17. The summed E-state index contributed by atoms with van der Waals surface area (Å²) in [6, 6.07) is 0. The Bertz CT molecular complexity index is 182. The van der Waals surface area contributed by atoms with E-state index in [-0.39, 0.29) is 5.91 Å². The van der Waals surface area contributed by atoms with E-state index in [1.165, 1.54) is 0 Å². The highest BCUT2D eigenvalue weighted by Crippen LogP contribution is 2.11. The topological polar surface area (TPSA) is 29.1 Å². The Morgan fingerprint density at radius 2 is 2.36 bits per heavy atom. The van der Waals surface area contributed by atoms with Crippen molar-refractivity contribution >= 4 is 5.91 Å². The average molecular weight is 153 g/mol. The fraction of sp³-hybridized carbons (Fsp3) is 0.667. The molecule has 0 unspecified atom stereocenters. The van der Waals surface area contributed by atoms with Gasteiger partial charge < -0.3 is 5.32 Å². The number of hydrogen-bond donors (Lipinski definition) is 1. The van der Waals surface area contributed by atoms with Crippen LogP contribution in [0.25, 0.3) is 0 Å². The molecule has 0 aliphatic carbocycles. The van der Waals surface area contributed by atoms with E-state index >= 15 is 0 Å². The van der Waals surface area contributed by atoms with Gasteiger partial charge in [0.15, 0.2) is 0 Å². The maximum absolute atomic E-state index is 11.0. The van der Waals surface area contributed by atoms with E-state index in [1.807, 2.05) is 0 Å². The maximum Gasteiger partial charge on any atom is 0.246 e. The smallest absolute Gasteiger partial charge is 0.246 e. The summed E-state index contributed by atoms with van der Waals surface area (Å²) in [7, 11) is 0. The summed E-state index contributed by atoms with van der Waals surface area (Å²) in [5.41, 5.74) is 0.971. The Morgan fingerprint density at radius 3 is 2.82 bits per heavy atom. The zero-order chi connectivity index (χ0) is 8.27. The second-order valence-electron chi connectivity index (χ2n) is 3.36. The Balaban J connectivity index is 2.45. The minimum absolute atomic E-state index is 0.130. The summed E-state index contributed by atoms with van der Waals surface area (Å²) in [6.07, 6.45) is 3.99. The molecule has 1 saturated heterocycles. The monoisotopic (exact) mass is 153 g/mol. The lowest BCUT2D eigenvalue weighted by atomic mass is 10.1. The first kappa shape index (κ1) is 8.31. The lowest BCUT2D eigenvalue weighted by Crippen LogP contribution is -2.14. The quantitative estimate of drug-likeness (QED) is 0.598. The highest BCUT2D eigenvalue weighted by Gasteiger charge is 2.14. The van der Waals surface area contributed by atoms with Crippen molar-refractivity contribution in [3.63, 3.8) is 0 Å². The SMILES string of the molecule is CC(C)C/C=C1\CCNC1=O. The molecular formula is C9H15NO. The molecule has 2 nitrogen and oxygen atoms in total. The fourth-order valence-electron chi connectivity index (χ4n) is 1.11. The van der Waals surface area contributed by atoms with Crippen molar-refractivity contribution in [1.82, 2.24) is 5.32 Å². The molecule has 0 spiro atoms. The van der Waals surface area contributed by atoms with Gasteiger partial charge in [0.05, 0.1) is 0 Å². The van der Waals surface area contributed by atoms with Gasteiger partial charge in [0.25, 0.3) is 0 Å². The third kappa shape index (κ3) is 2.37. The van der Waals surface area contributed by atoms with Crippen LogP contribution in [0, 0.1) is 5.92 Å². The summed E-state index contributed by atoms with van der Waals surface area (Å²) in [5.74, 6) is 0.779. The minimum Gasteiger partial charge on any atom is -0.352 e. The van der Waals surface area contributed by atoms with Crippen molar-refractivity contribution < 1.29 is 4.79 Å². The molecule has 1 amide bonds. The van der Waals surface area contributed by atoms with Crippen LogP contribution in [0.3, 0.4) is 0 Å². The number of allylic oxidation sites excluding steroid dienone is 1. The van der Waals surface area contributed by atoms with Crippen molar-refractivity contribution in [2.75, 3.05) is 6.54 Å². The van der Waals surface area contributed by atoms with Crippen LogP contribution in [0.5, 0.6) is 0 Å². The van der Waals surface area contributed by atoms with Gasteiger partial charge in [0.1, 0.15) is 0 Å². The molecule has 0 aromatic rings. The third-order valence-electron chi connectivity index (χ3n) is 1.81. The third-order valence-corrected chi connectivity index (χ3v) is 1.81. The molecule has 1 rings (SSSR count). The van der Waals surface area contributed by atoms with Gasteiger partial charge in [-0.05, 0) is 18.8 Å². The van der Waals surface area contributed by atoms with Gasteiger partial charge in [-0.2, -0.15) is 0 Å². The van der Waals surface area contributed by atoms with Gasteiger partial charge in [-0.15, -0.1) is 0 Å². The van der Waals surface area contributed by atoms with Crippen LogP contribution < -0.4 is 5.32 Å². The number of hydrogen-bond acceptors (Lipinski definition) is 1. The van der Waals surface area contributed by atoms with Gasteiger partial charge in [-0.1, -0.05) is 19.9 Å². The molecule has 0 aromatic carbocycles. The van der Waals surface area contributed by atoms with E-state index < -0.39 is 0 Å². The molecule has 0 saturated carbocycles. The number of carbonyl (C=O) groups excluding carboxylic acids is 1. The number of nitrogens with one attached hydrogen (secondary N) is 1. The van der Waals surface area contributed by atoms with Crippen molar-refractivity contribution in [2.45, 2.75) is 26.7 Å². The molecule has 1 fully saturated rings. The Kier molecular flexibility index (Phi) is 2.69. The molecule has 1 N–H and O–H groups in total. The minimum atomic E-state index is 0.130. The molecule has 0 radical (unpaired) electrons. The zero-order valence-electron chi connectivity index (χ0n) is 7.18. The van der Waals surface area contributed by atoms with E-state index in [2.05, 4.69) is 25.2 Å². The van der Waals surface area contributed by atoms with Crippen LogP contribution in [0.15, 0.2) is 11.6 Å². The van der Waals surface area contributed by atoms with Crippen molar-refractivity contribution in [3.8, 4) is 0 Å². The average Bonchev–Trinajstić information content (AvgIpc) is 2.31. The predicted molar refractivity (Wildman–Crippen MR) is 45.2 cm³/mol. The van der Waals surface area contributed by atoms with Gasteiger partial charge >= 0.3 is 0 Å². The van der Waals surface area contributed by atoms with E-state index in [1.54, 1.807) is 0 Å². The van der Waals surface area contributed by atoms with Crippen molar-refractivity contribution in [2.24, 2.45) is 5.92 Å². The molecular weight excluding hydrogens is 138 g/mol. The summed E-state index contributed by atoms with van der Waals surface area (Å²) < 4.78 is 0. The molecule has 11 heavy (non-hydrogen) atoms. The van der Waals surface area contributed by atoms with E-state index in [4.69, 9.17) is 0 Å². The van der Waals surface area contributed by atoms with Gasteiger partial charge in [-0.25, -0.2) is 0 Å². The second-order valence-corrected chi connectivity index (χ2v) is 3.36. The van der Waals surface area contributed by atoms with E-state index in [9.17, 15) is 4.79 Å². The van der Waals surface area contributed by atoms with Gasteiger partial charge in [-0.3, -0.25) is 4.79 Å². The first-order chi connectivity index (χ1) is 5.20. The van der Waals surface area contributed by atoms with E-state index in [0.717, 1.165) is 25.0 Å². The number of carbonyl (C=O) groups is 1. The second kappa shape index (κ2) is 3.56. The van der Waals surface area contributed by atoms with E-state index in [0.29, 0.717) is 5.92 Å². The van der Waals surface area contributed by atoms with Crippen LogP contribution in [-0.2, 0) is 4.79 Å². The van der Waals surface area contributed by atoms with Crippen LogP contribution in [0.4, 0.5) is 0 Å². The number of amides is 1. The van der Waals surface area contributed by atoms with Crippen LogP contribution in [0.2, 0.25) is 0 Å². The van der Waals surface area contributed by atoms with Crippen molar-refractivity contribution in [1.29, 1.82) is 0 Å². The largest absolute Gasteiger partial charge is 0.352 e. The first-order valence-corrected chi connectivity index (χ1v) is 4.17. The van der Waals surface area contributed by atoms with Crippen molar-refractivity contribution in [3.05, 3.63) is 11.6 Å². The molecule has 0 aromatic heterocycles. The predicted octanol–water partition coefficient (Wildman–Crippen LogP) is 1.48. The van der Waals surface area contributed by atoms with Crippen LogP contribution >= 0.6 is 0 Å². The Labute approximate surface area is 67.7 Å². The van der Waals surface area contributed by atoms with Crippen LogP contribution in [0.1, 0.15) is 26.7 Å². The molecule has 2 heteroatoms. The summed E-state index contributed by atoms with van der Waals surface area (Å²) in [6.45, 7) is 5.14. The summed E-state index contributed by atoms with van der Waals surface area (Å²) in [5, 5.41) is 2.79.